The van der Waals surface area contributed by atoms with Crippen molar-refractivity contribution in [2.75, 3.05) is 5.75 Å². The number of nitrogens with zero attached hydrogens (tertiary/aromatic N) is 1. The van der Waals surface area contributed by atoms with Crippen LogP contribution in [0.2, 0.25) is 0 Å². The first-order valence-corrected chi connectivity index (χ1v) is 5.22. The Bertz CT molecular complexity index is 383. The monoisotopic (exact) mass is 192 g/mol. The molecule has 0 aromatic heterocycles. The van der Waals surface area contributed by atoms with Gasteiger partial charge in [0.25, 0.3) is 0 Å². The molecule has 13 heavy (non-hydrogen) atoms. The van der Waals surface area contributed by atoms with Gasteiger partial charge >= 0.3 is 0 Å². The predicted octanol–water partition coefficient (Wildman–Crippen LogP) is 2.40. The van der Waals surface area contributed by atoms with E-state index in [9.17, 15) is 0 Å². The van der Waals surface area contributed by atoms with Gasteiger partial charge in [0.1, 0.15) is 5.84 Å². The Labute approximate surface area is 82.2 Å². The number of hydrogen-bond donors (Lipinski definition) is 1. The molecule has 1 aromatic rings. The molecule has 0 radical (unpaired) electrons. The molecule has 0 bridgehead atoms. The molecule has 0 saturated heterocycles. The van der Waals surface area contributed by atoms with Crippen molar-refractivity contribution in [3.8, 4) is 0 Å². The van der Waals surface area contributed by atoms with Gasteiger partial charge in [0, 0.05) is 4.90 Å². The number of hydrogen-bond acceptors (Lipinski definition) is 3. The highest BCUT2D eigenvalue weighted by molar-refractivity contribution is 8.00. The topological polar surface area (TPSA) is 38.4 Å². The molecule has 1 aliphatic heterocycles. The van der Waals surface area contributed by atoms with Crippen LogP contribution in [0.1, 0.15) is 11.1 Å². The standard InChI is InChI=1S/C10H12N2S/c1-6-3-8-9(4-7(6)2)13-5-10(11)12-8/h3-4H,5H2,1-2H3,(H2,11,12). The first-order valence-electron chi connectivity index (χ1n) is 4.24. The number of rotatable bonds is 0. The van der Waals surface area contributed by atoms with Crippen molar-refractivity contribution in [3.05, 3.63) is 23.3 Å². The largest absolute Gasteiger partial charge is 0.386 e. The van der Waals surface area contributed by atoms with Crippen LogP contribution in [0.4, 0.5) is 5.69 Å². The van der Waals surface area contributed by atoms with Gasteiger partial charge in [0.15, 0.2) is 0 Å². The van der Waals surface area contributed by atoms with Gasteiger partial charge in [-0.3, -0.25) is 0 Å². The van der Waals surface area contributed by atoms with E-state index in [1.165, 1.54) is 16.0 Å². The second-order valence-electron chi connectivity index (χ2n) is 3.30. The predicted molar refractivity (Wildman–Crippen MR) is 57.9 cm³/mol. The zero-order valence-electron chi connectivity index (χ0n) is 7.79. The van der Waals surface area contributed by atoms with Crippen LogP contribution in [0, 0.1) is 13.8 Å². The molecule has 0 fully saturated rings. The lowest BCUT2D eigenvalue weighted by Crippen LogP contribution is -2.16. The minimum absolute atomic E-state index is 0.723. The molecule has 0 spiro atoms. The van der Waals surface area contributed by atoms with Crippen molar-refractivity contribution < 1.29 is 0 Å². The summed E-state index contributed by atoms with van der Waals surface area (Å²) in [6.07, 6.45) is 0. The van der Waals surface area contributed by atoms with Gasteiger partial charge in [0.2, 0.25) is 0 Å². The van der Waals surface area contributed by atoms with E-state index in [-0.39, 0.29) is 0 Å². The molecule has 1 heterocycles. The number of nitrogens with two attached hydrogens (primary N) is 1. The molecule has 1 aliphatic rings. The third-order valence-corrected chi connectivity index (χ3v) is 3.29. The first kappa shape index (κ1) is 8.63. The summed E-state index contributed by atoms with van der Waals surface area (Å²) < 4.78 is 0. The molecular weight excluding hydrogens is 180 g/mol. The van der Waals surface area contributed by atoms with E-state index in [4.69, 9.17) is 5.73 Å². The van der Waals surface area contributed by atoms with E-state index < -0.39 is 0 Å². The lowest BCUT2D eigenvalue weighted by molar-refractivity contribution is 1.24. The van der Waals surface area contributed by atoms with Crippen LogP contribution in [-0.4, -0.2) is 11.6 Å². The molecule has 3 heteroatoms. The summed E-state index contributed by atoms with van der Waals surface area (Å²) in [5, 5.41) is 0. The maximum Gasteiger partial charge on any atom is 0.110 e. The summed E-state index contributed by atoms with van der Waals surface area (Å²) in [5.74, 6) is 1.54. The fourth-order valence-corrected chi connectivity index (χ4v) is 2.20. The minimum Gasteiger partial charge on any atom is -0.386 e. The van der Waals surface area contributed by atoms with Gasteiger partial charge in [-0.1, -0.05) is 0 Å². The lowest BCUT2D eigenvalue weighted by Gasteiger charge is -2.14. The fraction of sp³-hybridized carbons (Fsp3) is 0.300. The van der Waals surface area contributed by atoms with Crippen LogP contribution in [0.25, 0.3) is 0 Å². The van der Waals surface area contributed by atoms with E-state index >= 15 is 0 Å². The Morgan fingerprint density at radius 1 is 1.31 bits per heavy atom. The molecular formula is C10H12N2S. The third kappa shape index (κ3) is 1.56. The Morgan fingerprint density at radius 2 is 2.00 bits per heavy atom. The van der Waals surface area contributed by atoms with Gasteiger partial charge in [0.05, 0.1) is 11.4 Å². The van der Waals surface area contributed by atoms with Crippen molar-refractivity contribution in [1.82, 2.24) is 0 Å². The van der Waals surface area contributed by atoms with Crippen LogP contribution < -0.4 is 5.73 Å². The number of fused-ring (bicyclic) bond motifs is 1. The van der Waals surface area contributed by atoms with E-state index in [1.54, 1.807) is 11.8 Å². The SMILES string of the molecule is Cc1cc2c(cc1C)SCC(N)=N2. The average molecular weight is 192 g/mol. The van der Waals surface area contributed by atoms with E-state index in [2.05, 4.69) is 31.0 Å². The van der Waals surface area contributed by atoms with E-state index in [0.717, 1.165) is 17.3 Å². The number of amidine groups is 1. The number of thioether (sulfide) groups is 1. The summed E-state index contributed by atoms with van der Waals surface area (Å²) in [6.45, 7) is 4.22. The molecule has 2 N–H and O–H groups in total. The van der Waals surface area contributed by atoms with Crippen molar-refractivity contribution >= 4 is 23.3 Å². The fourth-order valence-electron chi connectivity index (χ4n) is 1.32. The summed E-state index contributed by atoms with van der Waals surface area (Å²) in [4.78, 5) is 5.57. The van der Waals surface area contributed by atoms with Crippen LogP contribution in [0.3, 0.4) is 0 Å². The highest BCUT2D eigenvalue weighted by Gasteiger charge is 2.11. The third-order valence-electron chi connectivity index (χ3n) is 2.21. The first-order chi connectivity index (χ1) is 6.16. The molecule has 0 amide bonds. The minimum atomic E-state index is 0.723. The van der Waals surface area contributed by atoms with Crippen molar-refractivity contribution in [1.29, 1.82) is 0 Å². The summed E-state index contributed by atoms with van der Waals surface area (Å²) in [5.41, 5.74) is 9.29. The zero-order chi connectivity index (χ0) is 9.42. The summed E-state index contributed by atoms with van der Waals surface area (Å²) >= 11 is 1.76. The Morgan fingerprint density at radius 3 is 2.77 bits per heavy atom. The lowest BCUT2D eigenvalue weighted by atomic mass is 10.1. The van der Waals surface area contributed by atoms with Gasteiger partial charge in [-0.2, -0.15) is 0 Å². The van der Waals surface area contributed by atoms with E-state index in [0.29, 0.717) is 0 Å². The van der Waals surface area contributed by atoms with Gasteiger partial charge in [-0.15, -0.1) is 11.8 Å². The van der Waals surface area contributed by atoms with Crippen molar-refractivity contribution in [2.45, 2.75) is 18.7 Å². The second-order valence-corrected chi connectivity index (χ2v) is 4.31. The number of aliphatic imine (C=N–C) groups is 1. The molecule has 1 aromatic carbocycles. The quantitative estimate of drug-likeness (QED) is 0.685. The maximum atomic E-state index is 5.67. The van der Waals surface area contributed by atoms with Crippen LogP contribution in [0.15, 0.2) is 22.0 Å². The van der Waals surface area contributed by atoms with Crippen molar-refractivity contribution in [2.24, 2.45) is 10.7 Å². The highest BCUT2D eigenvalue weighted by atomic mass is 32.2. The molecule has 68 valence electrons. The molecule has 0 saturated carbocycles. The normalized spacial score (nSPS) is 15.1. The molecule has 0 atom stereocenters. The van der Waals surface area contributed by atoms with Gasteiger partial charge in [-0.05, 0) is 37.1 Å². The molecule has 0 aliphatic carbocycles. The highest BCUT2D eigenvalue weighted by Crippen LogP contribution is 2.35. The van der Waals surface area contributed by atoms with Gasteiger partial charge in [-0.25, -0.2) is 4.99 Å². The van der Waals surface area contributed by atoms with Crippen LogP contribution in [0.5, 0.6) is 0 Å². The van der Waals surface area contributed by atoms with Crippen molar-refractivity contribution in [3.63, 3.8) is 0 Å². The summed E-state index contributed by atoms with van der Waals surface area (Å²) in [7, 11) is 0. The Hall–Kier alpha value is -0.960. The Balaban J connectivity index is 2.57. The molecule has 0 unspecified atom stereocenters. The van der Waals surface area contributed by atoms with E-state index in [1.807, 2.05) is 0 Å². The number of benzene rings is 1. The average Bonchev–Trinajstić information content (AvgIpc) is 2.08. The van der Waals surface area contributed by atoms with Crippen LogP contribution in [-0.2, 0) is 0 Å². The maximum absolute atomic E-state index is 5.67. The summed E-state index contributed by atoms with van der Waals surface area (Å²) in [6, 6.07) is 4.29. The Kier molecular flexibility index (Phi) is 2.04. The molecule has 2 nitrogen and oxygen atoms in total. The molecule has 2 rings (SSSR count). The zero-order valence-corrected chi connectivity index (χ0v) is 8.61. The van der Waals surface area contributed by atoms with Crippen LogP contribution >= 0.6 is 11.8 Å². The second kappa shape index (κ2) is 3.07. The smallest absolute Gasteiger partial charge is 0.110 e. The van der Waals surface area contributed by atoms with Gasteiger partial charge < -0.3 is 5.73 Å². The number of aryl methyl sites for hydroxylation is 2.